The Morgan fingerprint density at radius 2 is 1.85 bits per heavy atom. The SMILES string of the molecule is CC(C)(C)OC(=O)C[SH]1C=CC=C1. The number of carbonyl (C=O) groups is 1. The highest BCUT2D eigenvalue weighted by Crippen LogP contribution is 2.32. The fraction of sp³-hybridized carbons (Fsp3) is 0.500. The van der Waals surface area contributed by atoms with Crippen LogP contribution in [0, 0.1) is 0 Å². The van der Waals surface area contributed by atoms with Crippen molar-refractivity contribution in [3.63, 3.8) is 0 Å². The van der Waals surface area contributed by atoms with E-state index in [2.05, 4.69) is 10.8 Å². The second-order valence-electron chi connectivity index (χ2n) is 3.94. The highest BCUT2D eigenvalue weighted by molar-refractivity contribution is 8.22. The molecule has 0 aromatic carbocycles. The molecule has 3 heteroatoms. The summed E-state index contributed by atoms with van der Waals surface area (Å²) in [5.74, 6) is 0.411. The van der Waals surface area contributed by atoms with Gasteiger partial charge in [-0.3, -0.25) is 4.79 Å². The van der Waals surface area contributed by atoms with Crippen LogP contribution in [0.4, 0.5) is 0 Å². The van der Waals surface area contributed by atoms with Crippen LogP contribution in [0.25, 0.3) is 0 Å². The predicted molar refractivity (Wildman–Crippen MR) is 58.0 cm³/mol. The van der Waals surface area contributed by atoms with Gasteiger partial charge in [-0.1, -0.05) is 12.2 Å². The van der Waals surface area contributed by atoms with E-state index in [0.29, 0.717) is 5.75 Å². The lowest BCUT2D eigenvalue weighted by Crippen LogP contribution is -2.25. The highest BCUT2D eigenvalue weighted by Gasteiger charge is 2.17. The van der Waals surface area contributed by atoms with Gasteiger partial charge in [0.05, 0.1) is 5.75 Å². The average molecular weight is 200 g/mol. The first-order valence-corrected chi connectivity index (χ1v) is 5.96. The van der Waals surface area contributed by atoms with Crippen LogP contribution < -0.4 is 0 Å². The molecule has 74 valence electrons. The Hall–Kier alpha value is -0.700. The van der Waals surface area contributed by atoms with Gasteiger partial charge in [0, 0.05) is 0 Å². The monoisotopic (exact) mass is 200 g/mol. The van der Waals surface area contributed by atoms with Crippen LogP contribution in [0.15, 0.2) is 23.0 Å². The summed E-state index contributed by atoms with van der Waals surface area (Å²) < 4.78 is 5.21. The molecule has 0 atom stereocenters. The normalized spacial score (nSPS) is 17.9. The number of esters is 1. The fourth-order valence-corrected chi connectivity index (χ4v) is 2.31. The molecule has 0 bridgehead atoms. The molecule has 0 unspecified atom stereocenters. The number of thiol groups is 1. The van der Waals surface area contributed by atoms with Crippen LogP contribution in [0.1, 0.15) is 20.8 Å². The Balaban J connectivity index is 2.33. The van der Waals surface area contributed by atoms with E-state index in [-0.39, 0.29) is 22.5 Å². The molecule has 1 rings (SSSR count). The summed E-state index contributed by atoms with van der Waals surface area (Å²) >= 11 is 0. The molecular weight excluding hydrogens is 184 g/mol. The first kappa shape index (κ1) is 10.4. The Morgan fingerprint density at radius 3 is 2.31 bits per heavy atom. The third kappa shape index (κ3) is 4.18. The van der Waals surface area contributed by atoms with Crippen molar-refractivity contribution in [2.75, 3.05) is 5.75 Å². The van der Waals surface area contributed by atoms with Gasteiger partial charge in [0.2, 0.25) is 0 Å². The molecule has 0 saturated heterocycles. The maximum absolute atomic E-state index is 11.3. The van der Waals surface area contributed by atoms with Gasteiger partial charge in [0.15, 0.2) is 0 Å². The summed E-state index contributed by atoms with van der Waals surface area (Å²) in [7, 11) is -0.373. The maximum Gasteiger partial charge on any atom is 0.315 e. The second-order valence-corrected chi connectivity index (χ2v) is 5.88. The minimum absolute atomic E-state index is 0.102. The van der Waals surface area contributed by atoms with Crippen LogP contribution in [0.3, 0.4) is 0 Å². The van der Waals surface area contributed by atoms with E-state index in [0.717, 1.165) is 0 Å². The van der Waals surface area contributed by atoms with Gasteiger partial charge in [-0.25, -0.2) is 10.9 Å². The van der Waals surface area contributed by atoms with Crippen LogP contribution >= 0.6 is 10.9 Å². The number of rotatable bonds is 2. The molecule has 0 amide bonds. The fourth-order valence-electron chi connectivity index (χ4n) is 0.998. The minimum atomic E-state index is -0.373. The molecular formula is C10H16O2S. The van der Waals surface area contributed by atoms with Crippen molar-refractivity contribution in [3.05, 3.63) is 23.0 Å². The number of allylic oxidation sites excluding steroid dienone is 2. The predicted octanol–water partition coefficient (Wildman–Crippen LogP) is 2.37. The summed E-state index contributed by atoms with van der Waals surface area (Å²) in [5.41, 5.74) is -0.362. The van der Waals surface area contributed by atoms with Crippen molar-refractivity contribution in [2.45, 2.75) is 26.4 Å². The van der Waals surface area contributed by atoms with Gasteiger partial charge in [-0.15, -0.1) is 0 Å². The molecule has 2 nitrogen and oxygen atoms in total. The van der Waals surface area contributed by atoms with Crippen LogP contribution in [-0.4, -0.2) is 17.3 Å². The summed E-state index contributed by atoms with van der Waals surface area (Å²) in [4.78, 5) is 11.3. The molecule has 0 aromatic heterocycles. The van der Waals surface area contributed by atoms with Gasteiger partial charge in [0.25, 0.3) is 0 Å². The van der Waals surface area contributed by atoms with Crippen LogP contribution in [0.5, 0.6) is 0 Å². The summed E-state index contributed by atoms with van der Waals surface area (Å²) in [6.07, 6.45) is 3.96. The van der Waals surface area contributed by atoms with E-state index in [1.165, 1.54) is 0 Å². The van der Waals surface area contributed by atoms with Gasteiger partial charge < -0.3 is 4.74 Å². The number of ether oxygens (including phenoxy) is 1. The van der Waals surface area contributed by atoms with E-state index in [1.54, 1.807) is 0 Å². The largest absolute Gasteiger partial charge is 0.459 e. The molecule has 0 fully saturated rings. The Morgan fingerprint density at radius 1 is 1.31 bits per heavy atom. The van der Waals surface area contributed by atoms with Crippen molar-refractivity contribution in [3.8, 4) is 0 Å². The van der Waals surface area contributed by atoms with Gasteiger partial charge in [0.1, 0.15) is 5.60 Å². The quantitative estimate of drug-likeness (QED) is 0.547. The lowest BCUT2D eigenvalue weighted by Gasteiger charge is -2.20. The first-order chi connectivity index (χ1) is 5.97. The molecule has 1 aliphatic heterocycles. The highest BCUT2D eigenvalue weighted by atomic mass is 32.2. The van der Waals surface area contributed by atoms with Crippen molar-refractivity contribution in [1.29, 1.82) is 0 Å². The van der Waals surface area contributed by atoms with E-state index >= 15 is 0 Å². The molecule has 0 aromatic rings. The van der Waals surface area contributed by atoms with Crippen molar-refractivity contribution in [1.82, 2.24) is 0 Å². The van der Waals surface area contributed by atoms with E-state index in [4.69, 9.17) is 4.74 Å². The third-order valence-corrected chi connectivity index (χ3v) is 3.13. The van der Waals surface area contributed by atoms with Gasteiger partial charge >= 0.3 is 5.97 Å². The lowest BCUT2D eigenvalue weighted by atomic mass is 10.2. The number of carbonyl (C=O) groups excluding carboxylic acids is 1. The molecule has 13 heavy (non-hydrogen) atoms. The smallest absolute Gasteiger partial charge is 0.315 e. The Labute approximate surface area is 82.0 Å². The Bertz CT molecular complexity index is 236. The second kappa shape index (κ2) is 4.01. The average Bonchev–Trinajstić information content (AvgIpc) is 2.34. The van der Waals surface area contributed by atoms with Gasteiger partial charge in [-0.05, 0) is 31.6 Å². The molecule has 0 aliphatic carbocycles. The van der Waals surface area contributed by atoms with E-state index in [1.807, 2.05) is 32.9 Å². The van der Waals surface area contributed by atoms with E-state index < -0.39 is 0 Å². The molecule has 0 N–H and O–H groups in total. The maximum atomic E-state index is 11.3. The summed E-state index contributed by atoms with van der Waals surface area (Å²) in [5, 5.41) is 4.14. The molecule has 1 heterocycles. The third-order valence-electron chi connectivity index (χ3n) is 1.40. The molecule has 1 aliphatic rings. The lowest BCUT2D eigenvalue weighted by molar-refractivity contribution is -0.151. The summed E-state index contributed by atoms with van der Waals surface area (Å²) in [6.45, 7) is 5.66. The zero-order chi connectivity index (χ0) is 9.90. The van der Waals surface area contributed by atoms with E-state index in [9.17, 15) is 4.79 Å². The van der Waals surface area contributed by atoms with Gasteiger partial charge in [-0.2, -0.15) is 0 Å². The molecule has 0 radical (unpaired) electrons. The van der Waals surface area contributed by atoms with Crippen molar-refractivity contribution < 1.29 is 9.53 Å². The first-order valence-electron chi connectivity index (χ1n) is 4.30. The zero-order valence-corrected chi connectivity index (χ0v) is 9.17. The zero-order valence-electron chi connectivity index (χ0n) is 8.28. The molecule has 0 saturated carbocycles. The Kier molecular flexibility index (Phi) is 3.20. The topological polar surface area (TPSA) is 26.3 Å². The molecule has 0 spiro atoms. The van der Waals surface area contributed by atoms with Crippen molar-refractivity contribution >= 4 is 16.9 Å². The summed E-state index contributed by atoms with van der Waals surface area (Å²) in [6, 6.07) is 0. The van der Waals surface area contributed by atoms with Crippen LogP contribution in [-0.2, 0) is 9.53 Å². The standard InChI is InChI=1S/C10H16O2S/c1-10(2,3)12-9(11)8-13-6-4-5-7-13/h4-7,13H,8H2,1-3H3. The minimum Gasteiger partial charge on any atom is -0.459 e. The number of hydrogen-bond donors (Lipinski definition) is 1. The van der Waals surface area contributed by atoms with Crippen LogP contribution in [0.2, 0.25) is 0 Å². The number of hydrogen-bond acceptors (Lipinski definition) is 2. The van der Waals surface area contributed by atoms with Crippen molar-refractivity contribution in [2.24, 2.45) is 0 Å².